The zero-order valence-corrected chi connectivity index (χ0v) is 24.8. The average Bonchev–Trinajstić information content (AvgIpc) is 3.07. The van der Waals surface area contributed by atoms with Gasteiger partial charge in [-0.15, -0.1) is 0 Å². The number of anilines is 1. The lowest BCUT2D eigenvalue weighted by atomic mass is 9.67. The summed E-state index contributed by atoms with van der Waals surface area (Å²) in [5, 5.41) is 0.800. The van der Waals surface area contributed by atoms with Gasteiger partial charge < -0.3 is 19.1 Å². The van der Waals surface area contributed by atoms with E-state index in [0.717, 1.165) is 68.3 Å². The normalized spacial score (nSPS) is 34.0. The number of benzene rings is 2. The van der Waals surface area contributed by atoms with Crippen molar-refractivity contribution in [1.82, 2.24) is 4.72 Å². The largest absolute Gasteiger partial charge is 0.490 e. The predicted octanol–water partition coefficient (Wildman–Crippen LogP) is 6.18. The molecule has 0 radical (unpaired) electrons. The molecular formula is C32H39ClN2O4S. The predicted molar refractivity (Wildman–Crippen MR) is 160 cm³/mol. The van der Waals surface area contributed by atoms with Gasteiger partial charge >= 0.3 is 0 Å². The first kappa shape index (κ1) is 26.9. The lowest BCUT2D eigenvalue weighted by molar-refractivity contribution is -0.126. The number of nitrogens with zero attached hydrogens (tertiary/aromatic N) is 1. The quantitative estimate of drug-likeness (QED) is 0.374. The van der Waals surface area contributed by atoms with Gasteiger partial charge in [-0.05, 0) is 111 Å². The second kappa shape index (κ2) is 11.0. The van der Waals surface area contributed by atoms with Crippen LogP contribution in [-0.2, 0) is 21.3 Å². The van der Waals surface area contributed by atoms with E-state index in [1.54, 1.807) is 0 Å². The highest BCUT2D eigenvalue weighted by Crippen LogP contribution is 2.47. The van der Waals surface area contributed by atoms with E-state index < -0.39 is 0 Å². The number of hydrogen-bond acceptors (Lipinski definition) is 6. The van der Waals surface area contributed by atoms with Gasteiger partial charge in [0.15, 0.2) is 0 Å². The molecule has 3 aliphatic heterocycles. The molecule has 7 rings (SSSR count). The van der Waals surface area contributed by atoms with E-state index in [1.807, 2.05) is 24.3 Å². The number of carbonyl (C=O) groups excluding carboxylic acids is 1. The van der Waals surface area contributed by atoms with Gasteiger partial charge in [0.1, 0.15) is 5.75 Å². The molecule has 0 aromatic heterocycles. The molecule has 40 heavy (non-hydrogen) atoms. The molecule has 1 saturated heterocycles. The number of hydrogen-bond donors (Lipinski definition) is 1. The highest BCUT2D eigenvalue weighted by Gasteiger charge is 2.45. The number of aryl methyl sites for hydroxylation is 1. The number of nitrogens with one attached hydrogen (secondary N) is 1. The second-order valence-electron chi connectivity index (χ2n) is 12.5. The summed E-state index contributed by atoms with van der Waals surface area (Å²) in [5.41, 5.74) is 4.29. The summed E-state index contributed by atoms with van der Waals surface area (Å²) in [5.74, 6) is 2.59. The summed E-state index contributed by atoms with van der Waals surface area (Å²) >= 11 is 7.85. The first-order chi connectivity index (χ1) is 19.5. The molecule has 5 aliphatic rings. The van der Waals surface area contributed by atoms with Crippen LogP contribution in [0.3, 0.4) is 0 Å². The van der Waals surface area contributed by atoms with Crippen LogP contribution in [0.1, 0.15) is 66.9 Å². The van der Waals surface area contributed by atoms with Crippen molar-refractivity contribution in [3.8, 4) is 5.75 Å². The van der Waals surface area contributed by atoms with Crippen LogP contribution in [0.4, 0.5) is 5.69 Å². The number of fused-ring (bicyclic) bond motifs is 7. The van der Waals surface area contributed by atoms with E-state index in [2.05, 4.69) is 28.7 Å². The van der Waals surface area contributed by atoms with Crippen LogP contribution in [0.2, 0.25) is 5.02 Å². The summed E-state index contributed by atoms with van der Waals surface area (Å²) in [4.78, 5) is 15.8. The molecule has 8 heteroatoms. The molecule has 214 valence electrons. The Morgan fingerprint density at radius 1 is 1.15 bits per heavy atom. The van der Waals surface area contributed by atoms with Gasteiger partial charge in [0.2, 0.25) is 0 Å². The molecule has 2 unspecified atom stereocenters. The van der Waals surface area contributed by atoms with Crippen molar-refractivity contribution in [2.24, 2.45) is 11.8 Å². The number of halogens is 1. The second-order valence-corrected chi connectivity index (χ2v) is 13.8. The Labute approximate surface area is 246 Å². The van der Waals surface area contributed by atoms with Crippen LogP contribution in [0.5, 0.6) is 5.75 Å². The van der Waals surface area contributed by atoms with Crippen LogP contribution in [0, 0.1) is 11.8 Å². The van der Waals surface area contributed by atoms with Crippen molar-refractivity contribution in [2.45, 2.75) is 75.6 Å². The van der Waals surface area contributed by atoms with Crippen molar-refractivity contribution in [3.05, 3.63) is 58.1 Å². The summed E-state index contributed by atoms with van der Waals surface area (Å²) in [6.45, 7) is 5.30. The summed E-state index contributed by atoms with van der Waals surface area (Å²) in [7, 11) is 0. The summed E-state index contributed by atoms with van der Waals surface area (Å²) in [6.07, 6.45) is 8.11. The number of amides is 1. The van der Waals surface area contributed by atoms with Crippen LogP contribution >= 0.6 is 23.5 Å². The molecule has 3 heterocycles. The maximum absolute atomic E-state index is 13.2. The van der Waals surface area contributed by atoms with Crippen molar-refractivity contribution in [1.29, 1.82) is 0 Å². The van der Waals surface area contributed by atoms with E-state index in [9.17, 15) is 4.79 Å². The standard InChI is InChI=1S/C32H39ClN2O4S/c1-20-17-40-34-31(36)22-5-9-29-28(14-22)35(16-23-4-7-26(23)30-15-25(39-20)10-12-37-30)18-32(19-38-29)11-2-3-21-13-24(33)6-8-27(21)32/h5-6,8-9,13-14,20,23,25-26,30H,2-4,7,10-12,15-19H2,1H3,(H,34,36)/t20-,23+,25-,26?,30?,32+/m1/s1. The van der Waals surface area contributed by atoms with Crippen LogP contribution in [0.15, 0.2) is 36.4 Å². The summed E-state index contributed by atoms with van der Waals surface area (Å²) in [6, 6.07) is 12.3. The van der Waals surface area contributed by atoms with Crippen molar-refractivity contribution >= 4 is 35.1 Å². The fourth-order valence-electron chi connectivity index (χ4n) is 7.72. The Morgan fingerprint density at radius 2 is 2.08 bits per heavy atom. The van der Waals surface area contributed by atoms with Crippen LogP contribution in [-0.4, -0.2) is 56.3 Å². The highest BCUT2D eigenvalue weighted by molar-refractivity contribution is 7.98. The Balaban J connectivity index is 1.26. The third-order valence-electron chi connectivity index (χ3n) is 9.88. The molecule has 6 nitrogen and oxygen atoms in total. The molecule has 4 bridgehead atoms. The number of rotatable bonds is 0. The minimum Gasteiger partial charge on any atom is -0.490 e. The molecule has 1 N–H and O–H groups in total. The molecule has 1 saturated carbocycles. The Kier molecular flexibility index (Phi) is 7.44. The number of carbonyl (C=O) groups is 1. The monoisotopic (exact) mass is 582 g/mol. The van der Waals surface area contributed by atoms with E-state index in [1.165, 1.54) is 35.9 Å². The molecule has 6 atom stereocenters. The van der Waals surface area contributed by atoms with Gasteiger partial charge in [-0.25, -0.2) is 0 Å². The molecule has 2 aromatic carbocycles. The third-order valence-corrected chi connectivity index (χ3v) is 11.1. The molecule has 1 spiro atoms. The maximum atomic E-state index is 13.2. The Bertz CT molecular complexity index is 1280. The van der Waals surface area contributed by atoms with E-state index in [-0.39, 0.29) is 29.6 Å². The fourth-order valence-corrected chi connectivity index (χ4v) is 8.56. The fraction of sp³-hybridized carbons (Fsp3) is 0.594. The molecule has 2 aromatic rings. The third kappa shape index (κ3) is 5.12. The molecule has 1 amide bonds. The van der Waals surface area contributed by atoms with E-state index >= 15 is 0 Å². The van der Waals surface area contributed by atoms with Gasteiger partial charge in [-0.3, -0.25) is 9.52 Å². The smallest absolute Gasteiger partial charge is 0.261 e. The van der Waals surface area contributed by atoms with Crippen molar-refractivity contribution < 1.29 is 19.0 Å². The molecule has 2 fully saturated rings. The summed E-state index contributed by atoms with van der Waals surface area (Å²) < 4.78 is 22.5. The average molecular weight is 583 g/mol. The van der Waals surface area contributed by atoms with Gasteiger partial charge in [-0.1, -0.05) is 17.7 Å². The lowest BCUT2D eigenvalue weighted by Gasteiger charge is -2.48. The SMILES string of the molecule is C[C@@H]1CSNC(=O)c2ccc3c(c2)N(C[C@@H]2CCC2C2C[C@@H](CCO2)O1)C[C@@]1(CCCc2cc(Cl)ccc21)CO3. The van der Waals surface area contributed by atoms with E-state index in [4.69, 9.17) is 25.8 Å². The lowest BCUT2D eigenvalue weighted by Crippen LogP contribution is -2.51. The Morgan fingerprint density at radius 3 is 2.95 bits per heavy atom. The number of ether oxygens (including phenoxy) is 3. The van der Waals surface area contributed by atoms with Gasteiger partial charge in [0.05, 0.1) is 30.6 Å². The van der Waals surface area contributed by atoms with Crippen LogP contribution in [0.25, 0.3) is 0 Å². The highest BCUT2D eigenvalue weighted by atomic mass is 35.5. The Hall–Kier alpha value is -1.93. The maximum Gasteiger partial charge on any atom is 0.261 e. The first-order valence-corrected chi connectivity index (χ1v) is 16.3. The minimum absolute atomic E-state index is 0.0690. The zero-order valence-electron chi connectivity index (χ0n) is 23.2. The van der Waals surface area contributed by atoms with E-state index in [0.29, 0.717) is 29.8 Å². The molecular weight excluding hydrogens is 544 g/mol. The van der Waals surface area contributed by atoms with Crippen molar-refractivity contribution in [3.63, 3.8) is 0 Å². The zero-order chi connectivity index (χ0) is 27.3. The van der Waals surface area contributed by atoms with Crippen LogP contribution < -0.4 is 14.4 Å². The van der Waals surface area contributed by atoms with Gasteiger partial charge in [0.25, 0.3) is 5.91 Å². The first-order valence-electron chi connectivity index (χ1n) is 15.0. The van der Waals surface area contributed by atoms with Crippen molar-refractivity contribution in [2.75, 3.05) is 37.0 Å². The van der Waals surface area contributed by atoms with Gasteiger partial charge in [0, 0.05) is 47.9 Å². The topological polar surface area (TPSA) is 60.0 Å². The van der Waals surface area contributed by atoms with Gasteiger partial charge in [-0.2, -0.15) is 0 Å². The minimum atomic E-state index is -0.119. The molecule has 2 aliphatic carbocycles.